The van der Waals surface area contributed by atoms with Gasteiger partial charge >= 0.3 is 0 Å². The minimum absolute atomic E-state index is 0.0707. The summed E-state index contributed by atoms with van der Waals surface area (Å²) >= 11 is 0. The van der Waals surface area contributed by atoms with Gasteiger partial charge in [-0.2, -0.15) is 0 Å². The number of fused-ring (bicyclic) bond motifs is 1. The van der Waals surface area contributed by atoms with Crippen molar-refractivity contribution in [3.05, 3.63) is 72.2 Å². The van der Waals surface area contributed by atoms with Gasteiger partial charge in [-0.25, -0.2) is 4.68 Å². The van der Waals surface area contributed by atoms with E-state index in [1.807, 2.05) is 31.2 Å². The summed E-state index contributed by atoms with van der Waals surface area (Å²) in [7, 11) is 1.57. The van der Waals surface area contributed by atoms with E-state index in [0.717, 1.165) is 31.2 Å². The molecule has 1 N–H and O–H groups in total. The number of carbonyl (C=O) groups excluding carboxylic acids is 2. The Balaban J connectivity index is 1.55. The number of furan rings is 1. The zero-order chi connectivity index (χ0) is 25.8. The smallest absolute Gasteiger partial charge is 0.251 e. The van der Waals surface area contributed by atoms with Crippen molar-refractivity contribution < 1.29 is 18.7 Å². The second kappa shape index (κ2) is 10.9. The van der Waals surface area contributed by atoms with Gasteiger partial charge in [-0.3, -0.25) is 14.5 Å². The number of amides is 2. The molecule has 2 aromatic carbocycles. The molecule has 0 aliphatic heterocycles. The van der Waals surface area contributed by atoms with Crippen molar-refractivity contribution in [1.29, 1.82) is 0 Å². The Kier molecular flexibility index (Phi) is 7.20. The van der Waals surface area contributed by atoms with Gasteiger partial charge in [0.15, 0.2) is 6.04 Å². The molecule has 4 aromatic rings. The first-order chi connectivity index (χ1) is 18.0. The minimum atomic E-state index is -1.01. The normalized spacial score (nSPS) is 14.9. The largest absolute Gasteiger partial charge is 0.497 e. The quantitative estimate of drug-likeness (QED) is 0.380. The average molecular weight is 502 g/mol. The summed E-state index contributed by atoms with van der Waals surface area (Å²) in [6.45, 7) is 1.71. The highest BCUT2D eigenvalue weighted by atomic mass is 16.5. The molecule has 0 spiro atoms. The van der Waals surface area contributed by atoms with Crippen molar-refractivity contribution in [2.75, 3.05) is 12.0 Å². The van der Waals surface area contributed by atoms with Gasteiger partial charge in [0, 0.05) is 17.8 Å². The van der Waals surface area contributed by atoms with Gasteiger partial charge in [-0.1, -0.05) is 42.7 Å². The average Bonchev–Trinajstić information content (AvgIpc) is 3.53. The van der Waals surface area contributed by atoms with Gasteiger partial charge in [0.05, 0.1) is 12.6 Å². The first-order valence-electron chi connectivity index (χ1n) is 12.6. The molecule has 1 atom stereocenters. The topological polar surface area (TPSA) is 102 Å². The molecule has 0 unspecified atom stereocenters. The van der Waals surface area contributed by atoms with E-state index >= 15 is 0 Å². The molecular formula is C28H31N5O4. The zero-order valence-corrected chi connectivity index (χ0v) is 21.1. The molecule has 9 heteroatoms. The van der Waals surface area contributed by atoms with Crippen molar-refractivity contribution >= 4 is 28.5 Å². The Bertz CT molecular complexity index is 1390. The van der Waals surface area contributed by atoms with Crippen LogP contribution in [0.2, 0.25) is 0 Å². The molecule has 5 rings (SSSR count). The van der Waals surface area contributed by atoms with E-state index in [9.17, 15) is 9.59 Å². The fourth-order valence-electron chi connectivity index (χ4n) is 4.94. The van der Waals surface area contributed by atoms with Crippen LogP contribution in [-0.2, 0) is 16.1 Å². The van der Waals surface area contributed by atoms with Crippen molar-refractivity contribution in [2.45, 2.75) is 57.7 Å². The highest BCUT2D eigenvalue weighted by Gasteiger charge is 2.36. The Labute approximate surface area is 215 Å². The first-order valence-corrected chi connectivity index (χ1v) is 12.6. The van der Waals surface area contributed by atoms with E-state index in [4.69, 9.17) is 9.15 Å². The van der Waals surface area contributed by atoms with Gasteiger partial charge in [0.25, 0.3) is 5.91 Å². The van der Waals surface area contributed by atoms with E-state index in [-0.39, 0.29) is 24.4 Å². The molecule has 0 radical (unpaired) electrons. The van der Waals surface area contributed by atoms with E-state index < -0.39 is 6.04 Å². The predicted molar refractivity (Wildman–Crippen MR) is 139 cm³/mol. The number of hydrogen-bond acceptors (Lipinski definition) is 6. The van der Waals surface area contributed by atoms with Crippen molar-refractivity contribution in [2.24, 2.45) is 0 Å². The first kappa shape index (κ1) is 24.5. The maximum Gasteiger partial charge on any atom is 0.251 e. The van der Waals surface area contributed by atoms with Crippen LogP contribution in [0.5, 0.6) is 5.75 Å². The van der Waals surface area contributed by atoms with Gasteiger partial charge in [-0.15, -0.1) is 5.10 Å². The highest BCUT2D eigenvalue weighted by molar-refractivity contribution is 6.01. The van der Waals surface area contributed by atoms with Crippen LogP contribution in [0.1, 0.15) is 49.7 Å². The summed E-state index contributed by atoms with van der Waals surface area (Å²) in [4.78, 5) is 29.4. The van der Waals surface area contributed by atoms with Crippen molar-refractivity contribution in [1.82, 2.24) is 20.3 Å². The van der Waals surface area contributed by atoms with Crippen LogP contribution in [0.15, 0.2) is 65.1 Å². The summed E-state index contributed by atoms with van der Waals surface area (Å²) in [5.74, 6) is 1.02. The number of anilines is 1. The molecule has 1 fully saturated rings. The third kappa shape index (κ3) is 5.35. The van der Waals surface area contributed by atoms with Crippen LogP contribution in [0, 0.1) is 6.92 Å². The molecule has 37 heavy (non-hydrogen) atoms. The molecule has 1 saturated carbocycles. The van der Waals surface area contributed by atoms with Gasteiger partial charge < -0.3 is 14.5 Å². The van der Waals surface area contributed by atoms with E-state index in [2.05, 4.69) is 15.6 Å². The van der Waals surface area contributed by atoms with E-state index in [1.165, 1.54) is 11.3 Å². The van der Waals surface area contributed by atoms with Crippen LogP contribution >= 0.6 is 0 Å². The predicted octanol–water partition coefficient (Wildman–Crippen LogP) is 4.56. The number of ether oxygens (including phenoxy) is 1. The summed E-state index contributed by atoms with van der Waals surface area (Å²) in [5.41, 5.74) is 1.95. The number of para-hydroxylation sites is 1. The monoisotopic (exact) mass is 501 g/mol. The summed E-state index contributed by atoms with van der Waals surface area (Å²) in [5, 5.41) is 11.6. The molecule has 0 bridgehead atoms. The molecule has 9 nitrogen and oxygen atoms in total. The lowest BCUT2D eigenvalue weighted by Crippen LogP contribution is -2.48. The number of rotatable bonds is 8. The number of aromatic nitrogens is 3. The third-order valence-corrected chi connectivity index (χ3v) is 6.79. The maximum atomic E-state index is 14.0. The lowest BCUT2D eigenvalue weighted by Gasteiger charge is -2.32. The lowest BCUT2D eigenvalue weighted by atomic mass is 9.95. The number of methoxy groups -OCH3 is 1. The maximum absolute atomic E-state index is 14.0. The summed E-state index contributed by atoms with van der Waals surface area (Å²) in [6, 6.07) is 17.2. The zero-order valence-electron chi connectivity index (χ0n) is 21.1. The molecule has 192 valence electrons. The third-order valence-electron chi connectivity index (χ3n) is 6.79. The number of hydrogen-bond donors (Lipinski definition) is 1. The molecule has 2 amide bonds. The summed E-state index contributed by atoms with van der Waals surface area (Å²) in [6.07, 6.45) is 5.18. The minimum Gasteiger partial charge on any atom is -0.497 e. The van der Waals surface area contributed by atoms with Gasteiger partial charge in [-0.05, 0) is 56.2 Å². The molecule has 1 aliphatic rings. The Morgan fingerprint density at radius 3 is 2.68 bits per heavy atom. The SMILES string of the molecule is COc1cccc(N(C(=O)Cn2nnc3ccccc32)[C@H](C(=O)NC2CCCCC2)c2ccc(C)o2)c1. The van der Waals surface area contributed by atoms with Crippen LogP contribution in [0.3, 0.4) is 0 Å². The van der Waals surface area contributed by atoms with Crippen LogP contribution in [0.25, 0.3) is 11.0 Å². The summed E-state index contributed by atoms with van der Waals surface area (Å²) < 4.78 is 12.9. The van der Waals surface area contributed by atoms with E-state index in [0.29, 0.717) is 28.5 Å². The van der Waals surface area contributed by atoms with Crippen LogP contribution in [-0.4, -0.2) is 40.0 Å². The highest BCUT2D eigenvalue weighted by Crippen LogP contribution is 2.32. The van der Waals surface area contributed by atoms with E-state index in [1.54, 1.807) is 48.2 Å². The Hall–Kier alpha value is -4.14. The molecule has 2 heterocycles. The number of benzene rings is 2. The molecule has 1 aliphatic carbocycles. The second-order valence-corrected chi connectivity index (χ2v) is 9.40. The lowest BCUT2D eigenvalue weighted by molar-refractivity contribution is -0.128. The number of aryl methyl sites for hydroxylation is 1. The Morgan fingerprint density at radius 1 is 1.11 bits per heavy atom. The fourth-order valence-corrected chi connectivity index (χ4v) is 4.94. The molecular weight excluding hydrogens is 470 g/mol. The fraction of sp³-hybridized carbons (Fsp3) is 0.357. The molecule has 2 aromatic heterocycles. The number of nitrogens with one attached hydrogen (secondary N) is 1. The number of nitrogens with zero attached hydrogens (tertiary/aromatic N) is 4. The number of carbonyl (C=O) groups is 2. The van der Waals surface area contributed by atoms with Crippen LogP contribution < -0.4 is 15.0 Å². The second-order valence-electron chi connectivity index (χ2n) is 9.40. The van der Waals surface area contributed by atoms with Crippen molar-refractivity contribution in [3.63, 3.8) is 0 Å². The molecule has 0 saturated heterocycles. The van der Waals surface area contributed by atoms with Gasteiger partial charge in [0.1, 0.15) is 29.3 Å². The van der Waals surface area contributed by atoms with Gasteiger partial charge in [0.2, 0.25) is 5.91 Å². The van der Waals surface area contributed by atoms with Crippen LogP contribution in [0.4, 0.5) is 5.69 Å². The van der Waals surface area contributed by atoms with Crippen molar-refractivity contribution in [3.8, 4) is 5.75 Å². The Morgan fingerprint density at radius 2 is 1.92 bits per heavy atom. The standard InChI is InChI=1S/C28H31N5O4/c1-19-15-16-25(37-19)27(28(35)29-20-9-4-3-5-10-20)33(21-11-8-12-22(17-21)36-2)26(34)18-32-24-14-7-6-13-23(24)30-31-32/h6-8,11-17,20,27H,3-5,9-10,18H2,1-2H3,(H,29,35)/t27-/m0/s1.